The lowest BCUT2D eigenvalue weighted by molar-refractivity contribution is -0.384. The monoisotopic (exact) mass is 294 g/mol. The highest BCUT2D eigenvalue weighted by atomic mass is 16.6. The van der Waals surface area contributed by atoms with Crippen LogP contribution in [0.4, 0.5) is 5.69 Å². The number of nitrogens with zero attached hydrogens (tertiary/aromatic N) is 2. The van der Waals surface area contributed by atoms with Crippen LogP contribution in [0.1, 0.15) is 22.8 Å². The quantitative estimate of drug-likeness (QED) is 0.666. The summed E-state index contributed by atoms with van der Waals surface area (Å²) in [6, 6.07) is 4.20. The maximum atomic E-state index is 12.6. The van der Waals surface area contributed by atoms with Gasteiger partial charge in [-0.3, -0.25) is 14.9 Å². The number of aryl methyl sites for hydroxylation is 1. The summed E-state index contributed by atoms with van der Waals surface area (Å²) in [6.45, 7) is 4.01. The molecule has 1 saturated heterocycles. The summed E-state index contributed by atoms with van der Waals surface area (Å²) in [6.07, 6.45) is -0.412. The van der Waals surface area contributed by atoms with Crippen LogP contribution in [-0.4, -0.2) is 52.7 Å². The zero-order valence-corrected chi connectivity index (χ0v) is 12.0. The Morgan fingerprint density at radius 1 is 1.52 bits per heavy atom. The number of nitro benzene ring substituents is 1. The van der Waals surface area contributed by atoms with Crippen LogP contribution in [0.15, 0.2) is 18.2 Å². The zero-order valence-electron chi connectivity index (χ0n) is 12.0. The van der Waals surface area contributed by atoms with Crippen molar-refractivity contribution in [2.75, 3.05) is 19.8 Å². The first-order valence-electron chi connectivity index (χ1n) is 6.72. The molecule has 0 bridgehead atoms. The largest absolute Gasteiger partial charge is 0.394 e. The summed E-state index contributed by atoms with van der Waals surface area (Å²) in [7, 11) is 0. The van der Waals surface area contributed by atoms with Gasteiger partial charge in [0, 0.05) is 24.2 Å². The Bertz CT molecular complexity index is 560. The SMILES string of the molecule is Cc1cc(C(=O)N2CC(CO)OCC2C)cc([N+](=O)[O-])c1. The zero-order chi connectivity index (χ0) is 15.6. The molecule has 0 aromatic heterocycles. The van der Waals surface area contributed by atoms with Crippen molar-refractivity contribution in [1.29, 1.82) is 0 Å². The van der Waals surface area contributed by atoms with Crippen molar-refractivity contribution < 1.29 is 19.6 Å². The summed E-state index contributed by atoms with van der Waals surface area (Å²) >= 11 is 0. The van der Waals surface area contributed by atoms with Crippen molar-refractivity contribution in [3.05, 3.63) is 39.4 Å². The number of benzene rings is 1. The van der Waals surface area contributed by atoms with Crippen molar-refractivity contribution in [1.82, 2.24) is 4.90 Å². The van der Waals surface area contributed by atoms with Crippen molar-refractivity contribution >= 4 is 11.6 Å². The molecule has 2 rings (SSSR count). The van der Waals surface area contributed by atoms with Crippen molar-refractivity contribution in [3.8, 4) is 0 Å². The fraction of sp³-hybridized carbons (Fsp3) is 0.500. The molecule has 0 spiro atoms. The molecule has 2 unspecified atom stereocenters. The molecule has 1 aliphatic rings. The minimum atomic E-state index is -0.511. The molecule has 21 heavy (non-hydrogen) atoms. The summed E-state index contributed by atoms with van der Waals surface area (Å²) < 4.78 is 5.39. The van der Waals surface area contributed by atoms with Gasteiger partial charge in [-0.25, -0.2) is 0 Å². The van der Waals surface area contributed by atoms with Gasteiger partial charge in [-0.1, -0.05) is 0 Å². The summed E-state index contributed by atoms with van der Waals surface area (Å²) in [5.41, 5.74) is 0.845. The molecule has 0 radical (unpaired) electrons. The third-order valence-corrected chi connectivity index (χ3v) is 3.49. The molecule has 1 aromatic rings. The number of carbonyl (C=O) groups is 1. The van der Waals surface area contributed by atoms with Crippen LogP contribution in [0.3, 0.4) is 0 Å². The van der Waals surface area contributed by atoms with Crippen LogP contribution < -0.4 is 0 Å². The van der Waals surface area contributed by atoms with Crippen LogP contribution in [0.2, 0.25) is 0 Å². The number of carbonyl (C=O) groups excluding carboxylic acids is 1. The van der Waals surface area contributed by atoms with E-state index < -0.39 is 11.0 Å². The van der Waals surface area contributed by atoms with Gasteiger partial charge < -0.3 is 14.7 Å². The van der Waals surface area contributed by atoms with Crippen LogP contribution in [-0.2, 0) is 4.74 Å². The number of hydrogen-bond acceptors (Lipinski definition) is 5. The summed E-state index contributed by atoms with van der Waals surface area (Å²) in [5.74, 6) is -0.281. The number of hydrogen-bond donors (Lipinski definition) is 1. The maximum absolute atomic E-state index is 12.6. The highest BCUT2D eigenvalue weighted by molar-refractivity contribution is 5.95. The molecule has 0 aliphatic carbocycles. The number of ether oxygens (including phenoxy) is 1. The molecule has 2 atom stereocenters. The van der Waals surface area contributed by atoms with Gasteiger partial charge in [0.05, 0.1) is 30.3 Å². The van der Waals surface area contributed by atoms with E-state index in [0.717, 1.165) is 0 Å². The Morgan fingerprint density at radius 2 is 2.24 bits per heavy atom. The molecular weight excluding hydrogens is 276 g/mol. The van der Waals surface area contributed by atoms with Crippen LogP contribution in [0.25, 0.3) is 0 Å². The van der Waals surface area contributed by atoms with Gasteiger partial charge in [-0.05, 0) is 25.5 Å². The minimum Gasteiger partial charge on any atom is -0.394 e. The fourth-order valence-corrected chi connectivity index (χ4v) is 2.37. The molecule has 1 aliphatic heterocycles. The molecule has 7 nitrogen and oxygen atoms in total. The molecule has 1 amide bonds. The van der Waals surface area contributed by atoms with E-state index in [9.17, 15) is 14.9 Å². The standard InChI is InChI=1S/C14H18N2O5/c1-9-3-11(5-12(4-9)16(19)20)14(18)15-6-13(7-17)21-8-10(15)2/h3-5,10,13,17H,6-8H2,1-2H3. The highest BCUT2D eigenvalue weighted by Crippen LogP contribution is 2.21. The Morgan fingerprint density at radius 3 is 2.86 bits per heavy atom. The molecule has 1 heterocycles. The number of aliphatic hydroxyl groups excluding tert-OH is 1. The average molecular weight is 294 g/mol. The number of amides is 1. The van der Waals surface area contributed by atoms with E-state index in [-0.39, 0.29) is 36.4 Å². The van der Waals surface area contributed by atoms with Gasteiger partial charge >= 0.3 is 0 Å². The minimum absolute atomic E-state index is 0.0991. The summed E-state index contributed by atoms with van der Waals surface area (Å²) in [5, 5.41) is 20.1. The normalized spacial score (nSPS) is 22.1. The van der Waals surface area contributed by atoms with Crippen molar-refractivity contribution in [3.63, 3.8) is 0 Å². The Hall–Kier alpha value is -1.99. The van der Waals surface area contributed by atoms with Gasteiger partial charge in [0.15, 0.2) is 0 Å². The molecular formula is C14H18N2O5. The topological polar surface area (TPSA) is 92.9 Å². The lowest BCUT2D eigenvalue weighted by Gasteiger charge is -2.37. The fourth-order valence-electron chi connectivity index (χ4n) is 2.37. The second-order valence-corrected chi connectivity index (χ2v) is 5.26. The van der Waals surface area contributed by atoms with E-state index in [0.29, 0.717) is 12.2 Å². The third kappa shape index (κ3) is 3.37. The van der Waals surface area contributed by atoms with Crippen LogP contribution in [0, 0.1) is 17.0 Å². The number of morpholine rings is 1. The smallest absolute Gasteiger partial charge is 0.270 e. The first-order valence-corrected chi connectivity index (χ1v) is 6.72. The van der Waals surface area contributed by atoms with Gasteiger partial charge in [-0.15, -0.1) is 0 Å². The summed E-state index contributed by atoms with van der Waals surface area (Å²) in [4.78, 5) is 24.5. The Kier molecular flexibility index (Phi) is 4.54. The third-order valence-electron chi connectivity index (χ3n) is 3.49. The van der Waals surface area contributed by atoms with Gasteiger partial charge in [-0.2, -0.15) is 0 Å². The van der Waals surface area contributed by atoms with Crippen molar-refractivity contribution in [2.45, 2.75) is 26.0 Å². The van der Waals surface area contributed by atoms with E-state index in [1.165, 1.54) is 12.1 Å². The molecule has 0 saturated carbocycles. The number of rotatable bonds is 3. The van der Waals surface area contributed by atoms with E-state index in [2.05, 4.69) is 0 Å². The maximum Gasteiger partial charge on any atom is 0.270 e. The molecule has 1 N–H and O–H groups in total. The second kappa shape index (κ2) is 6.19. The molecule has 114 valence electrons. The lowest BCUT2D eigenvalue weighted by Crippen LogP contribution is -2.52. The predicted molar refractivity (Wildman–Crippen MR) is 75.2 cm³/mol. The van der Waals surface area contributed by atoms with Crippen LogP contribution >= 0.6 is 0 Å². The average Bonchev–Trinajstić information content (AvgIpc) is 2.46. The van der Waals surface area contributed by atoms with Crippen molar-refractivity contribution in [2.24, 2.45) is 0 Å². The highest BCUT2D eigenvalue weighted by Gasteiger charge is 2.30. The predicted octanol–water partition coefficient (Wildman–Crippen LogP) is 1.13. The van der Waals surface area contributed by atoms with E-state index in [1.54, 1.807) is 17.9 Å². The Balaban J connectivity index is 2.28. The first-order chi connectivity index (χ1) is 9.92. The molecule has 1 fully saturated rings. The van der Waals surface area contributed by atoms with Gasteiger partial charge in [0.1, 0.15) is 0 Å². The van der Waals surface area contributed by atoms with E-state index in [1.807, 2.05) is 6.92 Å². The van der Waals surface area contributed by atoms with E-state index >= 15 is 0 Å². The number of nitro groups is 1. The van der Waals surface area contributed by atoms with Gasteiger partial charge in [0.25, 0.3) is 11.6 Å². The van der Waals surface area contributed by atoms with Gasteiger partial charge in [0.2, 0.25) is 0 Å². The molecule has 1 aromatic carbocycles. The number of non-ortho nitro benzene ring substituents is 1. The molecule has 7 heteroatoms. The second-order valence-electron chi connectivity index (χ2n) is 5.26. The lowest BCUT2D eigenvalue weighted by atomic mass is 10.1. The van der Waals surface area contributed by atoms with Crippen LogP contribution in [0.5, 0.6) is 0 Å². The van der Waals surface area contributed by atoms with E-state index in [4.69, 9.17) is 9.84 Å². The Labute approximate surface area is 122 Å². The number of aliphatic hydroxyl groups is 1. The first kappa shape index (κ1) is 15.4.